The van der Waals surface area contributed by atoms with Crippen molar-refractivity contribution in [3.8, 4) is 0 Å². The lowest BCUT2D eigenvalue weighted by atomic mass is 10.2. The molecular weight excluding hydrogens is 169 g/mol. The standard InChI is InChI=1S/C5H10NO4P/c1-11(10)2-3(7)4(6)5(8)9/h2-4,7H,6H2,1H3,(H,8,9)/t3-,4+/m1/s1. The minimum absolute atomic E-state index is 1.01. The van der Waals surface area contributed by atoms with Crippen molar-refractivity contribution < 1.29 is 19.9 Å². The number of nitrogens with two attached hydrogens (primary N) is 1. The number of hydrogen-bond donors (Lipinski definition) is 3. The minimum Gasteiger partial charge on any atom is -0.631 e. The van der Waals surface area contributed by atoms with Gasteiger partial charge in [-0.05, 0) is 0 Å². The number of carboxylic acids is 1. The molecule has 0 spiro atoms. The van der Waals surface area contributed by atoms with Gasteiger partial charge in [0.15, 0.2) is 0 Å². The number of aliphatic hydroxyl groups is 1. The first-order valence-corrected chi connectivity index (χ1v) is 4.64. The highest BCUT2D eigenvalue weighted by Crippen LogP contribution is 2.02. The van der Waals surface area contributed by atoms with Crippen molar-refractivity contribution in [1.82, 2.24) is 0 Å². The molecule has 0 fully saturated rings. The van der Waals surface area contributed by atoms with E-state index in [0.717, 1.165) is 5.80 Å². The van der Waals surface area contributed by atoms with E-state index in [1.165, 1.54) is 6.66 Å². The highest BCUT2D eigenvalue weighted by molar-refractivity contribution is 7.49. The van der Waals surface area contributed by atoms with Crippen molar-refractivity contribution in [2.75, 3.05) is 6.66 Å². The highest BCUT2D eigenvalue weighted by atomic mass is 31.1. The van der Waals surface area contributed by atoms with E-state index in [1.54, 1.807) is 0 Å². The van der Waals surface area contributed by atoms with Crippen molar-refractivity contribution >= 4 is 19.5 Å². The van der Waals surface area contributed by atoms with Gasteiger partial charge in [0.05, 0.1) is 6.66 Å². The van der Waals surface area contributed by atoms with Crippen molar-refractivity contribution in [1.29, 1.82) is 0 Å². The SMILES string of the molecule is C[P+]([O-])=C[C@@H](O)[C@H](N)C(=O)O. The third-order valence-electron chi connectivity index (χ3n) is 1.02. The Bertz CT molecular complexity index is 177. The van der Waals surface area contributed by atoms with E-state index < -0.39 is 25.9 Å². The van der Waals surface area contributed by atoms with Gasteiger partial charge in [-0.1, -0.05) is 0 Å². The van der Waals surface area contributed by atoms with Gasteiger partial charge in [-0.25, -0.2) is 0 Å². The topological polar surface area (TPSA) is 107 Å². The van der Waals surface area contributed by atoms with Gasteiger partial charge in [-0.2, -0.15) is 0 Å². The van der Waals surface area contributed by atoms with E-state index in [4.69, 9.17) is 15.9 Å². The van der Waals surface area contributed by atoms with E-state index in [-0.39, 0.29) is 0 Å². The molecule has 3 atom stereocenters. The molecule has 0 radical (unpaired) electrons. The molecular formula is C5H10NO4P. The lowest BCUT2D eigenvalue weighted by molar-refractivity contribution is -0.151. The smallest absolute Gasteiger partial charge is 0.323 e. The summed E-state index contributed by atoms with van der Waals surface area (Å²) in [6, 6.07) is -1.39. The van der Waals surface area contributed by atoms with Crippen LogP contribution in [0.2, 0.25) is 0 Å². The van der Waals surface area contributed by atoms with Crippen LogP contribution in [0.4, 0.5) is 0 Å². The van der Waals surface area contributed by atoms with Crippen LogP contribution < -0.4 is 10.6 Å². The Labute approximate surface area is 64.9 Å². The average molecular weight is 179 g/mol. The number of carbonyl (C=O) groups is 1. The summed E-state index contributed by atoms with van der Waals surface area (Å²) in [6.07, 6.45) is -1.35. The molecule has 0 aromatic carbocycles. The van der Waals surface area contributed by atoms with E-state index >= 15 is 0 Å². The molecule has 0 heterocycles. The summed E-state index contributed by atoms with van der Waals surface area (Å²) in [5.41, 5.74) is 5.00. The Morgan fingerprint density at radius 2 is 2.27 bits per heavy atom. The molecule has 0 amide bonds. The third-order valence-corrected chi connectivity index (χ3v) is 1.74. The van der Waals surface area contributed by atoms with Gasteiger partial charge in [-0.15, -0.1) is 0 Å². The van der Waals surface area contributed by atoms with Crippen LogP contribution in [0.25, 0.3) is 0 Å². The first-order valence-electron chi connectivity index (χ1n) is 2.86. The summed E-state index contributed by atoms with van der Waals surface area (Å²) in [4.78, 5) is 20.6. The monoisotopic (exact) mass is 179 g/mol. The van der Waals surface area contributed by atoms with Crippen LogP contribution in [0.1, 0.15) is 0 Å². The fourth-order valence-electron chi connectivity index (χ4n) is 0.454. The molecule has 0 aromatic heterocycles. The first-order chi connectivity index (χ1) is 4.95. The fraction of sp³-hybridized carbons (Fsp3) is 0.600. The van der Waals surface area contributed by atoms with E-state index in [9.17, 15) is 9.69 Å². The van der Waals surface area contributed by atoms with Gasteiger partial charge in [-0.3, -0.25) is 4.79 Å². The quantitative estimate of drug-likeness (QED) is 0.432. The maximum absolute atomic E-state index is 10.5. The van der Waals surface area contributed by atoms with Crippen LogP contribution in [0.3, 0.4) is 0 Å². The van der Waals surface area contributed by atoms with Gasteiger partial charge >= 0.3 is 5.97 Å². The Balaban J connectivity index is 4.14. The molecule has 0 aliphatic heterocycles. The summed E-state index contributed by atoms with van der Waals surface area (Å²) in [5, 5.41) is 17.2. The molecule has 6 heteroatoms. The average Bonchev–Trinajstić information content (AvgIpc) is 1.84. The van der Waals surface area contributed by atoms with E-state index in [0.29, 0.717) is 0 Å². The number of aliphatic carboxylic acids is 1. The number of carboxylic acid groups (broad SMARTS) is 1. The van der Waals surface area contributed by atoms with Crippen LogP contribution in [0, 0.1) is 0 Å². The van der Waals surface area contributed by atoms with Gasteiger partial charge < -0.3 is 20.8 Å². The molecule has 0 rings (SSSR count). The second-order valence-electron chi connectivity index (χ2n) is 2.05. The van der Waals surface area contributed by atoms with E-state index in [1.807, 2.05) is 0 Å². The normalized spacial score (nSPS) is 17.6. The van der Waals surface area contributed by atoms with Crippen molar-refractivity contribution in [3.05, 3.63) is 0 Å². The molecule has 0 aliphatic rings. The van der Waals surface area contributed by atoms with Gasteiger partial charge in [0.1, 0.15) is 17.9 Å². The molecule has 1 unspecified atom stereocenters. The zero-order valence-corrected chi connectivity index (χ0v) is 6.86. The van der Waals surface area contributed by atoms with Crippen LogP contribution in [-0.2, 0) is 4.79 Å². The lowest BCUT2D eigenvalue weighted by Crippen LogP contribution is -2.42. The third kappa shape index (κ3) is 4.06. The maximum atomic E-state index is 10.5. The summed E-state index contributed by atoms with van der Waals surface area (Å²) < 4.78 is 0. The molecule has 0 aliphatic carbocycles. The van der Waals surface area contributed by atoms with Crippen LogP contribution in [0.15, 0.2) is 0 Å². The van der Waals surface area contributed by atoms with Crippen molar-refractivity contribution in [2.24, 2.45) is 5.73 Å². The highest BCUT2D eigenvalue weighted by Gasteiger charge is 2.21. The van der Waals surface area contributed by atoms with Crippen LogP contribution in [0.5, 0.6) is 0 Å². The van der Waals surface area contributed by atoms with Gasteiger partial charge in [0, 0.05) is 7.77 Å². The molecule has 11 heavy (non-hydrogen) atoms. The zero-order valence-electron chi connectivity index (χ0n) is 5.97. The first kappa shape index (κ1) is 10.5. The Morgan fingerprint density at radius 3 is 2.55 bits per heavy atom. The Kier molecular flexibility index (Phi) is 4.22. The molecule has 0 saturated heterocycles. The largest absolute Gasteiger partial charge is 0.631 e. The molecule has 0 aromatic rings. The second kappa shape index (κ2) is 4.41. The zero-order chi connectivity index (χ0) is 9.02. The molecule has 5 nitrogen and oxygen atoms in total. The lowest BCUT2D eigenvalue weighted by Gasteiger charge is -2.07. The van der Waals surface area contributed by atoms with Crippen LogP contribution in [-0.4, -0.2) is 40.8 Å². The second-order valence-corrected chi connectivity index (χ2v) is 3.44. The predicted octanol–water partition coefficient (Wildman–Crippen LogP) is -2.05. The molecule has 4 N–H and O–H groups in total. The van der Waals surface area contributed by atoms with Gasteiger partial charge in [0.25, 0.3) is 0 Å². The fourth-order valence-corrected chi connectivity index (χ4v) is 1.07. The van der Waals surface area contributed by atoms with E-state index in [2.05, 4.69) is 0 Å². The summed E-state index contributed by atoms with van der Waals surface area (Å²) in [5.74, 6) is -0.306. The summed E-state index contributed by atoms with van der Waals surface area (Å²) >= 11 is 0. The Hall–Kier alpha value is -0.480. The van der Waals surface area contributed by atoms with Crippen molar-refractivity contribution in [2.45, 2.75) is 12.1 Å². The number of hydrogen-bond acceptors (Lipinski definition) is 4. The molecule has 0 saturated carbocycles. The predicted molar refractivity (Wildman–Crippen MR) is 40.5 cm³/mol. The summed E-state index contributed by atoms with van der Waals surface area (Å²) in [7, 11) is -1.67. The van der Waals surface area contributed by atoms with Crippen molar-refractivity contribution in [3.63, 3.8) is 0 Å². The van der Waals surface area contributed by atoms with Gasteiger partial charge in [0.2, 0.25) is 0 Å². The summed E-state index contributed by atoms with van der Waals surface area (Å²) in [6.45, 7) is 1.35. The van der Waals surface area contributed by atoms with Crippen LogP contribution >= 0.6 is 7.77 Å². The molecule has 64 valence electrons. The number of rotatable bonds is 3. The Morgan fingerprint density at radius 1 is 1.82 bits per heavy atom. The number of aliphatic hydroxyl groups excluding tert-OH is 1. The maximum Gasteiger partial charge on any atom is 0.323 e. The molecule has 0 bridgehead atoms. The minimum atomic E-state index is -1.67.